The van der Waals surface area contributed by atoms with E-state index in [4.69, 9.17) is 5.11 Å². The SMILES string of the molecule is CCCc1cn(CCCO)c2ccc(C)cc12. The molecule has 17 heavy (non-hydrogen) atoms. The number of fused-ring (bicyclic) bond motifs is 1. The van der Waals surface area contributed by atoms with Crippen LogP contribution in [0.3, 0.4) is 0 Å². The zero-order valence-electron chi connectivity index (χ0n) is 10.7. The van der Waals surface area contributed by atoms with E-state index in [1.807, 2.05) is 0 Å². The maximum Gasteiger partial charge on any atom is 0.0483 e. The van der Waals surface area contributed by atoms with E-state index in [1.54, 1.807) is 0 Å². The number of aliphatic hydroxyl groups excluding tert-OH is 1. The molecule has 92 valence electrons. The fourth-order valence-corrected chi connectivity index (χ4v) is 2.38. The highest BCUT2D eigenvalue weighted by Gasteiger charge is 2.07. The number of hydrogen-bond acceptors (Lipinski definition) is 1. The first-order chi connectivity index (χ1) is 8.26. The molecule has 2 nitrogen and oxygen atoms in total. The topological polar surface area (TPSA) is 25.2 Å². The van der Waals surface area contributed by atoms with Crippen LogP contribution in [0.2, 0.25) is 0 Å². The molecule has 0 aliphatic heterocycles. The van der Waals surface area contributed by atoms with Gasteiger partial charge in [0.05, 0.1) is 0 Å². The molecule has 1 aromatic carbocycles. The van der Waals surface area contributed by atoms with Gasteiger partial charge in [0.15, 0.2) is 0 Å². The van der Waals surface area contributed by atoms with Crippen molar-refractivity contribution in [3.05, 3.63) is 35.5 Å². The molecule has 2 rings (SSSR count). The molecule has 1 aromatic heterocycles. The number of benzene rings is 1. The summed E-state index contributed by atoms with van der Waals surface area (Å²) < 4.78 is 2.27. The van der Waals surface area contributed by atoms with Gasteiger partial charge in [-0.05, 0) is 37.5 Å². The van der Waals surface area contributed by atoms with Crippen LogP contribution in [0.4, 0.5) is 0 Å². The summed E-state index contributed by atoms with van der Waals surface area (Å²) in [5.41, 5.74) is 4.05. The summed E-state index contributed by atoms with van der Waals surface area (Å²) in [5.74, 6) is 0. The van der Waals surface area contributed by atoms with Crippen molar-refractivity contribution in [3.63, 3.8) is 0 Å². The average Bonchev–Trinajstić information content (AvgIpc) is 2.65. The number of rotatable bonds is 5. The van der Waals surface area contributed by atoms with Crippen LogP contribution >= 0.6 is 0 Å². The van der Waals surface area contributed by atoms with Crippen LogP contribution in [0, 0.1) is 6.92 Å². The highest BCUT2D eigenvalue weighted by molar-refractivity contribution is 5.84. The smallest absolute Gasteiger partial charge is 0.0483 e. The molecular weight excluding hydrogens is 210 g/mol. The van der Waals surface area contributed by atoms with Crippen molar-refractivity contribution in [2.45, 2.75) is 39.7 Å². The summed E-state index contributed by atoms with van der Waals surface area (Å²) in [7, 11) is 0. The Morgan fingerprint density at radius 3 is 2.82 bits per heavy atom. The van der Waals surface area contributed by atoms with E-state index in [9.17, 15) is 0 Å². The van der Waals surface area contributed by atoms with E-state index in [0.29, 0.717) is 0 Å². The predicted molar refractivity (Wildman–Crippen MR) is 72.4 cm³/mol. The number of aliphatic hydroxyl groups is 1. The Hall–Kier alpha value is -1.28. The largest absolute Gasteiger partial charge is 0.396 e. The number of aryl methyl sites for hydroxylation is 3. The molecule has 2 aromatic rings. The molecule has 0 saturated carbocycles. The summed E-state index contributed by atoms with van der Waals surface area (Å²) in [5, 5.41) is 10.3. The number of hydrogen-bond donors (Lipinski definition) is 1. The second-order valence-electron chi connectivity index (χ2n) is 4.70. The van der Waals surface area contributed by atoms with Crippen LogP contribution < -0.4 is 0 Å². The lowest BCUT2D eigenvalue weighted by molar-refractivity contribution is 0.280. The van der Waals surface area contributed by atoms with Gasteiger partial charge in [0, 0.05) is 30.3 Å². The van der Waals surface area contributed by atoms with Crippen molar-refractivity contribution in [1.29, 1.82) is 0 Å². The Kier molecular flexibility index (Phi) is 3.85. The Morgan fingerprint density at radius 1 is 1.29 bits per heavy atom. The minimum Gasteiger partial charge on any atom is -0.396 e. The van der Waals surface area contributed by atoms with E-state index in [1.165, 1.54) is 28.5 Å². The zero-order valence-corrected chi connectivity index (χ0v) is 10.7. The molecule has 0 fully saturated rings. The van der Waals surface area contributed by atoms with Crippen molar-refractivity contribution >= 4 is 10.9 Å². The van der Waals surface area contributed by atoms with Gasteiger partial charge in [-0.1, -0.05) is 25.0 Å². The van der Waals surface area contributed by atoms with Crippen LogP contribution in [0.15, 0.2) is 24.4 Å². The number of aromatic nitrogens is 1. The monoisotopic (exact) mass is 231 g/mol. The standard InChI is InChI=1S/C15H21NO/c1-3-5-13-11-16(8-4-9-17)15-7-6-12(2)10-14(13)15/h6-7,10-11,17H,3-5,8-9H2,1-2H3. The minimum absolute atomic E-state index is 0.259. The Balaban J connectivity index is 2.46. The van der Waals surface area contributed by atoms with Crippen molar-refractivity contribution in [1.82, 2.24) is 4.57 Å². The third kappa shape index (κ3) is 2.52. The van der Waals surface area contributed by atoms with E-state index < -0.39 is 0 Å². The lowest BCUT2D eigenvalue weighted by atomic mass is 10.1. The summed E-state index contributed by atoms with van der Waals surface area (Å²) in [6.45, 7) is 5.52. The van der Waals surface area contributed by atoms with Gasteiger partial charge in [0.1, 0.15) is 0 Å². The fraction of sp³-hybridized carbons (Fsp3) is 0.467. The van der Waals surface area contributed by atoms with Crippen molar-refractivity contribution in [2.75, 3.05) is 6.61 Å². The van der Waals surface area contributed by atoms with Gasteiger partial charge in [-0.15, -0.1) is 0 Å². The summed E-state index contributed by atoms with van der Waals surface area (Å²) >= 11 is 0. The molecule has 0 radical (unpaired) electrons. The van der Waals surface area contributed by atoms with E-state index in [2.05, 4.69) is 42.8 Å². The van der Waals surface area contributed by atoms with Crippen LogP contribution in [-0.4, -0.2) is 16.3 Å². The Bertz CT molecular complexity index is 499. The second kappa shape index (κ2) is 5.37. The first-order valence-electron chi connectivity index (χ1n) is 6.45. The Morgan fingerprint density at radius 2 is 2.12 bits per heavy atom. The molecule has 0 aliphatic rings. The van der Waals surface area contributed by atoms with Gasteiger partial charge < -0.3 is 9.67 Å². The zero-order chi connectivity index (χ0) is 12.3. The molecule has 2 heteroatoms. The molecule has 0 bridgehead atoms. The molecule has 0 atom stereocenters. The normalized spacial score (nSPS) is 11.2. The van der Waals surface area contributed by atoms with E-state index in [-0.39, 0.29) is 6.61 Å². The fourth-order valence-electron chi connectivity index (χ4n) is 2.38. The van der Waals surface area contributed by atoms with Crippen molar-refractivity contribution in [2.24, 2.45) is 0 Å². The summed E-state index contributed by atoms with van der Waals surface area (Å²) in [6, 6.07) is 6.63. The van der Waals surface area contributed by atoms with Gasteiger partial charge >= 0.3 is 0 Å². The quantitative estimate of drug-likeness (QED) is 0.839. The van der Waals surface area contributed by atoms with Crippen LogP contribution in [0.1, 0.15) is 30.9 Å². The van der Waals surface area contributed by atoms with Crippen LogP contribution in [0.5, 0.6) is 0 Å². The van der Waals surface area contributed by atoms with E-state index in [0.717, 1.165) is 19.4 Å². The van der Waals surface area contributed by atoms with Crippen molar-refractivity contribution in [3.8, 4) is 0 Å². The van der Waals surface area contributed by atoms with Crippen LogP contribution in [-0.2, 0) is 13.0 Å². The molecular formula is C15H21NO. The predicted octanol–water partition coefficient (Wildman–Crippen LogP) is 3.28. The second-order valence-corrected chi connectivity index (χ2v) is 4.70. The molecule has 0 saturated heterocycles. The molecule has 0 unspecified atom stereocenters. The first-order valence-corrected chi connectivity index (χ1v) is 6.45. The summed E-state index contributed by atoms with van der Waals surface area (Å²) in [6.07, 6.45) is 5.38. The maximum absolute atomic E-state index is 8.94. The number of nitrogens with zero attached hydrogens (tertiary/aromatic N) is 1. The molecule has 0 aliphatic carbocycles. The van der Waals surface area contributed by atoms with Crippen molar-refractivity contribution < 1.29 is 5.11 Å². The molecule has 1 N–H and O–H groups in total. The van der Waals surface area contributed by atoms with Gasteiger partial charge in [-0.25, -0.2) is 0 Å². The lowest BCUT2D eigenvalue weighted by Gasteiger charge is -2.03. The summed E-state index contributed by atoms with van der Waals surface area (Å²) in [4.78, 5) is 0. The van der Waals surface area contributed by atoms with Gasteiger partial charge in [0.25, 0.3) is 0 Å². The first kappa shape index (κ1) is 12.2. The maximum atomic E-state index is 8.94. The highest BCUT2D eigenvalue weighted by atomic mass is 16.3. The molecule has 0 amide bonds. The van der Waals surface area contributed by atoms with Gasteiger partial charge in [-0.3, -0.25) is 0 Å². The molecule has 0 spiro atoms. The van der Waals surface area contributed by atoms with Gasteiger partial charge in [0.2, 0.25) is 0 Å². The highest BCUT2D eigenvalue weighted by Crippen LogP contribution is 2.24. The third-order valence-corrected chi connectivity index (χ3v) is 3.20. The molecule has 1 heterocycles. The van der Waals surface area contributed by atoms with Gasteiger partial charge in [-0.2, -0.15) is 0 Å². The van der Waals surface area contributed by atoms with E-state index >= 15 is 0 Å². The lowest BCUT2D eigenvalue weighted by Crippen LogP contribution is -1.98. The van der Waals surface area contributed by atoms with Crippen LogP contribution in [0.25, 0.3) is 10.9 Å². The Labute approximate surface area is 103 Å². The average molecular weight is 231 g/mol. The minimum atomic E-state index is 0.259. The third-order valence-electron chi connectivity index (χ3n) is 3.20.